The molecule has 8 heteroatoms. The van der Waals surface area contributed by atoms with Gasteiger partial charge in [0.1, 0.15) is 0 Å². The molecule has 1 saturated heterocycles. The lowest BCUT2D eigenvalue weighted by Crippen LogP contribution is -2.48. The van der Waals surface area contributed by atoms with E-state index < -0.39 is 9.84 Å². The molecule has 6 nitrogen and oxygen atoms in total. The zero-order valence-corrected chi connectivity index (χ0v) is 20.2. The Hall–Kier alpha value is -0.870. The van der Waals surface area contributed by atoms with Crippen molar-refractivity contribution < 1.29 is 8.42 Å². The van der Waals surface area contributed by atoms with Crippen LogP contribution in [-0.2, 0) is 9.84 Å². The van der Waals surface area contributed by atoms with Crippen molar-refractivity contribution in [2.24, 2.45) is 4.99 Å². The van der Waals surface area contributed by atoms with Gasteiger partial charge in [-0.1, -0.05) is 25.1 Å². The van der Waals surface area contributed by atoms with Crippen LogP contribution in [-0.4, -0.2) is 63.8 Å². The van der Waals surface area contributed by atoms with Gasteiger partial charge in [-0.3, -0.25) is 4.99 Å². The number of likely N-dealkylation sites (tertiary alicyclic amines) is 1. The Morgan fingerprint density at radius 1 is 1.18 bits per heavy atom. The van der Waals surface area contributed by atoms with E-state index in [0.717, 1.165) is 38.4 Å². The third-order valence-electron chi connectivity index (χ3n) is 4.76. The van der Waals surface area contributed by atoms with E-state index in [9.17, 15) is 8.42 Å². The summed E-state index contributed by atoms with van der Waals surface area (Å²) >= 11 is 0. The quantitative estimate of drug-likeness (QED) is 0.226. The number of hydrogen-bond donors (Lipinski definition) is 2. The average Bonchev–Trinajstić information content (AvgIpc) is 2.68. The number of sulfone groups is 1. The smallest absolute Gasteiger partial charge is 0.191 e. The highest BCUT2D eigenvalue weighted by atomic mass is 127. The molecule has 2 rings (SSSR count). The fourth-order valence-corrected chi connectivity index (χ4v) is 4.64. The number of guanidine groups is 1. The van der Waals surface area contributed by atoms with Crippen LogP contribution in [0.4, 0.5) is 0 Å². The van der Waals surface area contributed by atoms with Gasteiger partial charge in [0.2, 0.25) is 0 Å². The first kappa shape index (κ1) is 25.2. The lowest BCUT2D eigenvalue weighted by Gasteiger charge is -2.32. The minimum Gasteiger partial charge on any atom is -0.357 e. The molecule has 0 aromatic heterocycles. The standard InChI is InChI=1S/C20H34N4O2S.HI/c1-3-14-24-15-11-18(12-16-24)23-20(21-4-2)22-13-8-17-27(25,26)19-9-6-5-7-10-19;/h5-7,9-10,18H,3-4,8,11-17H2,1-2H3,(H2,21,22,23);1H. The molecule has 0 spiro atoms. The van der Waals surface area contributed by atoms with Gasteiger partial charge >= 0.3 is 0 Å². The summed E-state index contributed by atoms with van der Waals surface area (Å²) in [5, 5.41) is 6.78. The van der Waals surface area contributed by atoms with E-state index in [0.29, 0.717) is 23.9 Å². The molecule has 1 aliphatic heterocycles. The number of benzene rings is 1. The Morgan fingerprint density at radius 2 is 1.86 bits per heavy atom. The fourth-order valence-electron chi connectivity index (χ4n) is 3.32. The first-order valence-corrected chi connectivity index (χ1v) is 11.8. The molecule has 1 fully saturated rings. The van der Waals surface area contributed by atoms with Crippen LogP contribution in [0.15, 0.2) is 40.2 Å². The van der Waals surface area contributed by atoms with Gasteiger partial charge in [-0.25, -0.2) is 8.42 Å². The number of aliphatic imine (C=N–C) groups is 1. The van der Waals surface area contributed by atoms with Gasteiger partial charge < -0.3 is 15.5 Å². The van der Waals surface area contributed by atoms with Crippen molar-refractivity contribution in [3.05, 3.63) is 30.3 Å². The number of hydrogen-bond acceptors (Lipinski definition) is 4. The van der Waals surface area contributed by atoms with Crippen molar-refractivity contribution in [3.63, 3.8) is 0 Å². The highest BCUT2D eigenvalue weighted by Gasteiger charge is 2.19. The topological polar surface area (TPSA) is 73.8 Å². The molecule has 2 N–H and O–H groups in total. The average molecular weight is 522 g/mol. The third kappa shape index (κ3) is 8.65. The molecular formula is C20H35IN4O2S. The van der Waals surface area contributed by atoms with E-state index >= 15 is 0 Å². The zero-order chi connectivity index (χ0) is 19.5. The first-order chi connectivity index (χ1) is 13.0. The molecule has 0 radical (unpaired) electrons. The SMILES string of the molecule is CCCN1CCC(NC(=NCCCS(=O)(=O)c2ccccc2)NCC)CC1.I. The van der Waals surface area contributed by atoms with Crippen LogP contribution in [0.3, 0.4) is 0 Å². The highest BCUT2D eigenvalue weighted by molar-refractivity contribution is 14.0. The van der Waals surface area contributed by atoms with Crippen molar-refractivity contribution in [1.29, 1.82) is 0 Å². The summed E-state index contributed by atoms with van der Waals surface area (Å²) in [4.78, 5) is 7.47. The Bertz CT molecular complexity index is 675. The van der Waals surface area contributed by atoms with E-state index in [1.54, 1.807) is 24.3 Å². The summed E-state index contributed by atoms with van der Waals surface area (Å²) in [5.41, 5.74) is 0. The van der Waals surface area contributed by atoms with Crippen molar-refractivity contribution in [1.82, 2.24) is 15.5 Å². The molecule has 1 aliphatic rings. The van der Waals surface area contributed by atoms with E-state index in [2.05, 4.69) is 27.4 Å². The molecule has 0 atom stereocenters. The Kier molecular flexibility index (Phi) is 12.0. The summed E-state index contributed by atoms with van der Waals surface area (Å²) in [7, 11) is -3.22. The van der Waals surface area contributed by atoms with E-state index in [1.807, 2.05) is 13.0 Å². The normalized spacial score (nSPS) is 16.4. The molecule has 1 aromatic rings. The lowest BCUT2D eigenvalue weighted by atomic mass is 10.1. The van der Waals surface area contributed by atoms with Crippen LogP contribution in [0.25, 0.3) is 0 Å². The second-order valence-electron chi connectivity index (χ2n) is 7.01. The Labute approximate surface area is 187 Å². The summed E-state index contributed by atoms with van der Waals surface area (Å²) in [6.07, 6.45) is 3.95. The second-order valence-corrected chi connectivity index (χ2v) is 9.12. The van der Waals surface area contributed by atoms with Gasteiger partial charge in [0.25, 0.3) is 0 Å². The highest BCUT2D eigenvalue weighted by Crippen LogP contribution is 2.12. The van der Waals surface area contributed by atoms with Crippen molar-refractivity contribution in [2.75, 3.05) is 38.5 Å². The molecule has 0 saturated carbocycles. The van der Waals surface area contributed by atoms with Crippen molar-refractivity contribution >= 4 is 39.8 Å². The maximum absolute atomic E-state index is 12.3. The van der Waals surface area contributed by atoms with Crippen LogP contribution in [0.5, 0.6) is 0 Å². The van der Waals surface area contributed by atoms with Gasteiger partial charge in [-0.15, -0.1) is 24.0 Å². The van der Waals surface area contributed by atoms with Crippen LogP contribution < -0.4 is 10.6 Å². The maximum atomic E-state index is 12.3. The number of rotatable bonds is 9. The number of halogens is 1. The maximum Gasteiger partial charge on any atom is 0.191 e. The van der Waals surface area contributed by atoms with Gasteiger partial charge in [-0.05, 0) is 51.3 Å². The lowest BCUT2D eigenvalue weighted by molar-refractivity contribution is 0.206. The number of piperidine rings is 1. The fraction of sp³-hybridized carbons (Fsp3) is 0.650. The number of nitrogens with one attached hydrogen (secondary N) is 2. The van der Waals surface area contributed by atoms with Gasteiger partial charge in [0, 0.05) is 32.2 Å². The van der Waals surface area contributed by atoms with E-state index in [1.165, 1.54) is 13.0 Å². The largest absolute Gasteiger partial charge is 0.357 e. The van der Waals surface area contributed by atoms with Crippen LogP contribution >= 0.6 is 24.0 Å². The third-order valence-corrected chi connectivity index (χ3v) is 6.57. The minimum atomic E-state index is -3.22. The molecule has 1 aromatic carbocycles. The molecule has 0 amide bonds. The van der Waals surface area contributed by atoms with Crippen LogP contribution in [0, 0.1) is 0 Å². The van der Waals surface area contributed by atoms with Gasteiger partial charge in [0.05, 0.1) is 10.6 Å². The monoisotopic (exact) mass is 522 g/mol. The van der Waals surface area contributed by atoms with Gasteiger partial charge in [0.15, 0.2) is 15.8 Å². The number of nitrogens with zero attached hydrogens (tertiary/aromatic N) is 2. The Balaban J connectivity index is 0.00000392. The summed E-state index contributed by atoms with van der Waals surface area (Å²) in [5.74, 6) is 0.915. The molecule has 1 heterocycles. The molecule has 0 aliphatic carbocycles. The molecular weight excluding hydrogens is 487 g/mol. The van der Waals surface area contributed by atoms with Crippen LogP contribution in [0.1, 0.15) is 39.5 Å². The first-order valence-electron chi connectivity index (χ1n) is 10.1. The summed E-state index contributed by atoms with van der Waals surface area (Å²) in [6.45, 7) is 8.98. The molecule has 0 unspecified atom stereocenters. The summed E-state index contributed by atoms with van der Waals surface area (Å²) < 4.78 is 24.6. The summed E-state index contributed by atoms with van der Waals surface area (Å²) in [6, 6.07) is 9.06. The molecule has 0 bridgehead atoms. The van der Waals surface area contributed by atoms with E-state index in [-0.39, 0.29) is 29.7 Å². The Morgan fingerprint density at radius 3 is 2.46 bits per heavy atom. The van der Waals surface area contributed by atoms with Crippen molar-refractivity contribution in [3.8, 4) is 0 Å². The predicted octanol–water partition coefficient (Wildman–Crippen LogP) is 2.90. The van der Waals surface area contributed by atoms with E-state index in [4.69, 9.17) is 0 Å². The molecule has 28 heavy (non-hydrogen) atoms. The second kappa shape index (κ2) is 13.4. The zero-order valence-electron chi connectivity index (χ0n) is 17.1. The minimum absolute atomic E-state index is 0. The van der Waals surface area contributed by atoms with Gasteiger partial charge in [-0.2, -0.15) is 0 Å². The molecule has 160 valence electrons. The predicted molar refractivity (Wildman–Crippen MR) is 127 cm³/mol. The van der Waals surface area contributed by atoms with Crippen LogP contribution in [0.2, 0.25) is 0 Å². The van der Waals surface area contributed by atoms with Crippen molar-refractivity contribution in [2.45, 2.75) is 50.5 Å².